The molecule has 0 fully saturated rings. The molecule has 0 amide bonds. The molecule has 1 aromatic carbocycles. The van der Waals surface area contributed by atoms with E-state index in [1.807, 2.05) is 24.3 Å². The minimum atomic E-state index is -1.95. The maximum Gasteiger partial charge on any atom is 0.330 e. The van der Waals surface area contributed by atoms with Gasteiger partial charge in [0, 0.05) is 6.08 Å². The molecule has 28 heavy (non-hydrogen) atoms. The van der Waals surface area contributed by atoms with E-state index in [0.717, 1.165) is 12.0 Å². The fourth-order valence-electron chi connectivity index (χ4n) is 2.56. The number of hydrogen-bond donors (Lipinski definition) is 0. The monoisotopic (exact) mass is 406 g/mol. The fourth-order valence-corrected chi connectivity index (χ4v) is 3.98. The summed E-state index contributed by atoms with van der Waals surface area (Å²) in [5, 5.41) is 0.116. The van der Waals surface area contributed by atoms with Crippen LogP contribution in [0, 0.1) is 5.92 Å². The lowest BCUT2D eigenvalue weighted by molar-refractivity contribution is -0.134. The number of methoxy groups -OCH3 is 1. The molecule has 1 unspecified atom stereocenters. The van der Waals surface area contributed by atoms with E-state index in [4.69, 9.17) is 13.9 Å². The summed E-state index contributed by atoms with van der Waals surface area (Å²) in [5.41, 5.74) is 1.16. The summed E-state index contributed by atoms with van der Waals surface area (Å²) in [6.45, 7) is 16.0. The van der Waals surface area contributed by atoms with E-state index in [9.17, 15) is 4.79 Å². The SMILES string of the molecule is COC(=O)/C=C/[C@H](C)[C@H](CC(C)OCc1ccccc1)O[Si](C)(C)C(C)(C)C. The molecule has 4 nitrogen and oxygen atoms in total. The van der Waals surface area contributed by atoms with Crippen LogP contribution in [0.4, 0.5) is 0 Å². The summed E-state index contributed by atoms with van der Waals surface area (Å²) < 4.78 is 17.5. The lowest BCUT2D eigenvalue weighted by Gasteiger charge is -2.41. The van der Waals surface area contributed by atoms with Gasteiger partial charge in [-0.2, -0.15) is 0 Å². The van der Waals surface area contributed by atoms with E-state index in [1.165, 1.54) is 13.2 Å². The number of rotatable bonds is 10. The third kappa shape index (κ3) is 8.29. The topological polar surface area (TPSA) is 44.8 Å². The van der Waals surface area contributed by atoms with Gasteiger partial charge in [0.05, 0.1) is 25.9 Å². The second-order valence-corrected chi connectivity index (χ2v) is 13.8. The van der Waals surface area contributed by atoms with E-state index < -0.39 is 8.32 Å². The van der Waals surface area contributed by atoms with Crippen molar-refractivity contribution in [3.63, 3.8) is 0 Å². The summed E-state index contributed by atoms with van der Waals surface area (Å²) in [7, 11) is -0.565. The van der Waals surface area contributed by atoms with Gasteiger partial charge in [0.15, 0.2) is 8.32 Å². The summed E-state index contributed by atoms with van der Waals surface area (Å²) in [6.07, 6.45) is 4.17. The number of ether oxygens (including phenoxy) is 2. The molecule has 0 aliphatic carbocycles. The highest BCUT2D eigenvalue weighted by Crippen LogP contribution is 2.39. The molecule has 158 valence electrons. The number of hydrogen-bond acceptors (Lipinski definition) is 4. The van der Waals surface area contributed by atoms with Crippen molar-refractivity contribution in [3.8, 4) is 0 Å². The molecule has 0 aliphatic heterocycles. The van der Waals surface area contributed by atoms with Crippen LogP contribution in [0.1, 0.15) is 46.6 Å². The predicted octanol–water partition coefficient (Wildman–Crippen LogP) is 5.74. The van der Waals surface area contributed by atoms with E-state index in [0.29, 0.717) is 6.61 Å². The highest BCUT2D eigenvalue weighted by molar-refractivity contribution is 6.74. The first kappa shape index (κ1) is 24.6. The summed E-state index contributed by atoms with van der Waals surface area (Å²) in [4.78, 5) is 11.5. The molecule has 0 bridgehead atoms. The van der Waals surface area contributed by atoms with Crippen LogP contribution in [0.3, 0.4) is 0 Å². The van der Waals surface area contributed by atoms with E-state index in [-0.39, 0.29) is 29.1 Å². The average Bonchev–Trinajstić information content (AvgIpc) is 2.63. The van der Waals surface area contributed by atoms with Crippen molar-refractivity contribution in [2.45, 2.75) is 78.0 Å². The Morgan fingerprint density at radius 2 is 1.75 bits per heavy atom. The average molecular weight is 407 g/mol. The molecule has 0 aromatic heterocycles. The van der Waals surface area contributed by atoms with Crippen molar-refractivity contribution in [2.24, 2.45) is 5.92 Å². The zero-order valence-electron chi connectivity index (χ0n) is 18.8. The van der Waals surface area contributed by atoms with Gasteiger partial charge in [0.1, 0.15) is 0 Å². The van der Waals surface area contributed by atoms with Gasteiger partial charge in [0.2, 0.25) is 0 Å². The van der Waals surface area contributed by atoms with Gasteiger partial charge >= 0.3 is 5.97 Å². The van der Waals surface area contributed by atoms with Gasteiger partial charge in [-0.15, -0.1) is 0 Å². The summed E-state index contributed by atoms with van der Waals surface area (Å²) in [6, 6.07) is 10.2. The second-order valence-electron chi connectivity index (χ2n) is 9.00. The number of esters is 1. The molecular formula is C23H38O4Si. The van der Waals surface area contributed by atoms with Gasteiger partial charge in [-0.25, -0.2) is 4.79 Å². The Hall–Kier alpha value is -1.43. The van der Waals surface area contributed by atoms with Crippen LogP contribution in [-0.2, 0) is 25.3 Å². The number of benzene rings is 1. The zero-order chi connectivity index (χ0) is 21.4. The molecule has 0 N–H and O–H groups in total. The molecular weight excluding hydrogens is 368 g/mol. The maximum absolute atomic E-state index is 11.5. The molecule has 1 aromatic rings. The van der Waals surface area contributed by atoms with Crippen molar-refractivity contribution < 1.29 is 18.7 Å². The molecule has 3 atom stereocenters. The minimum absolute atomic E-state index is 0.0208. The van der Waals surface area contributed by atoms with Crippen molar-refractivity contribution in [1.29, 1.82) is 0 Å². The van der Waals surface area contributed by atoms with Gasteiger partial charge in [-0.3, -0.25) is 0 Å². The van der Waals surface area contributed by atoms with Gasteiger partial charge in [-0.05, 0) is 43.0 Å². The van der Waals surface area contributed by atoms with Crippen molar-refractivity contribution in [2.75, 3.05) is 7.11 Å². The quantitative estimate of drug-likeness (QED) is 0.282. The molecule has 0 heterocycles. The summed E-state index contributed by atoms with van der Waals surface area (Å²) in [5.74, 6) is -0.262. The smallest absolute Gasteiger partial charge is 0.330 e. The predicted molar refractivity (Wildman–Crippen MR) is 118 cm³/mol. The highest BCUT2D eigenvalue weighted by atomic mass is 28.4. The van der Waals surface area contributed by atoms with Gasteiger partial charge in [-0.1, -0.05) is 64.1 Å². The number of carbonyl (C=O) groups excluding carboxylic acids is 1. The molecule has 0 saturated carbocycles. The van der Waals surface area contributed by atoms with E-state index in [2.05, 4.69) is 59.8 Å². The normalized spacial score (nSPS) is 16.0. The second kappa shape index (κ2) is 10.9. The van der Waals surface area contributed by atoms with Crippen LogP contribution < -0.4 is 0 Å². The molecule has 0 aliphatic rings. The van der Waals surface area contributed by atoms with Crippen LogP contribution in [0.2, 0.25) is 18.1 Å². The number of carbonyl (C=O) groups is 1. The van der Waals surface area contributed by atoms with Gasteiger partial charge in [0.25, 0.3) is 0 Å². The third-order valence-corrected chi connectivity index (χ3v) is 10.0. The highest BCUT2D eigenvalue weighted by Gasteiger charge is 2.40. The Morgan fingerprint density at radius 3 is 2.29 bits per heavy atom. The maximum atomic E-state index is 11.5. The Balaban J connectivity index is 2.83. The van der Waals surface area contributed by atoms with Crippen molar-refractivity contribution >= 4 is 14.3 Å². The van der Waals surface area contributed by atoms with Crippen LogP contribution in [0.5, 0.6) is 0 Å². The van der Waals surface area contributed by atoms with Crippen LogP contribution in [0.25, 0.3) is 0 Å². The van der Waals surface area contributed by atoms with Crippen LogP contribution in [0.15, 0.2) is 42.5 Å². The van der Waals surface area contributed by atoms with Crippen molar-refractivity contribution in [1.82, 2.24) is 0 Å². The molecule has 0 radical (unpaired) electrons. The van der Waals surface area contributed by atoms with Crippen molar-refractivity contribution in [3.05, 3.63) is 48.0 Å². The third-order valence-electron chi connectivity index (χ3n) is 5.52. The largest absolute Gasteiger partial charge is 0.466 e. The Labute approximate surface area is 172 Å². The Kier molecular flexibility index (Phi) is 9.61. The zero-order valence-corrected chi connectivity index (χ0v) is 19.8. The lowest BCUT2D eigenvalue weighted by atomic mass is 9.99. The molecule has 5 heteroatoms. The Bertz CT molecular complexity index is 619. The lowest BCUT2D eigenvalue weighted by Crippen LogP contribution is -2.46. The first-order chi connectivity index (χ1) is 13.0. The summed E-state index contributed by atoms with van der Waals surface area (Å²) >= 11 is 0. The van der Waals surface area contributed by atoms with E-state index in [1.54, 1.807) is 0 Å². The Morgan fingerprint density at radius 1 is 1.14 bits per heavy atom. The molecule has 0 saturated heterocycles. The standard InChI is InChI=1S/C23H38O4Si/c1-18(14-15-22(24)25-6)21(27-28(7,8)23(3,4)5)16-19(2)26-17-20-12-10-9-11-13-20/h9-15,18-19,21H,16-17H2,1-8H3/b15-14+/t18-,19?,21-/m0/s1. The minimum Gasteiger partial charge on any atom is -0.466 e. The van der Waals surface area contributed by atoms with Gasteiger partial charge < -0.3 is 13.9 Å². The van der Waals surface area contributed by atoms with E-state index >= 15 is 0 Å². The molecule has 0 spiro atoms. The van der Waals surface area contributed by atoms with Crippen LogP contribution in [-0.4, -0.2) is 33.6 Å². The fraction of sp³-hybridized carbons (Fsp3) is 0.609. The molecule has 1 rings (SSSR count). The first-order valence-corrected chi connectivity index (χ1v) is 13.0. The first-order valence-electron chi connectivity index (χ1n) is 10.1. The van der Waals surface area contributed by atoms with Crippen LogP contribution >= 0.6 is 0 Å².